The van der Waals surface area contributed by atoms with Crippen LogP contribution in [0.15, 0.2) is 30.5 Å². The van der Waals surface area contributed by atoms with Crippen LogP contribution in [0.2, 0.25) is 0 Å². The fourth-order valence-corrected chi connectivity index (χ4v) is 2.30. The molecule has 19 heavy (non-hydrogen) atoms. The minimum absolute atomic E-state index is 0.592. The van der Waals surface area contributed by atoms with Gasteiger partial charge in [-0.1, -0.05) is 0 Å². The summed E-state index contributed by atoms with van der Waals surface area (Å²) in [6.45, 7) is 2.49. The van der Waals surface area contributed by atoms with Crippen molar-refractivity contribution in [3.05, 3.63) is 41.7 Å². The summed E-state index contributed by atoms with van der Waals surface area (Å²) in [6, 6.07) is 7.35. The van der Waals surface area contributed by atoms with Gasteiger partial charge in [-0.05, 0) is 36.8 Å². The number of benzene rings is 1. The lowest BCUT2D eigenvalue weighted by Gasteiger charge is -2.10. The Hall–Kier alpha value is -2.02. The number of nitrogens with zero attached hydrogens (tertiary/aromatic N) is 1. The van der Waals surface area contributed by atoms with Crippen LogP contribution in [0.4, 0.5) is 11.4 Å². The lowest BCUT2D eigenvalue weighted by Crippen LogP contribution is -2.10. The Labute approximate surface area is 112 Å². The fraction of sp³-hybridized carbons (Fsp3) is 0.250. The van der Waals surface area contributed by atoms with Gasteiger partial charge in [-0.15, -0.1) is 0 Å². The van der Waals surface area contributed by atoms with E-state index >= 15 is 0 Å². The van der Waals surface area contributed by atoms with Gasteiger partial charge in [-0.3, -0.25) is 9.82 Å². The molecule has 1 heterocycles. The minimum Gasteiger partial charge on any atom is -0.379 e. The first-order chi connectivity index (χ1) is 8.94. The van der Waals surface area contributed by atoms with Gasteiger partial charge < -0.3 is 5.32 Å². The third kappa shape index (κ3) is 3.99. The minimum atomic E-state index is -3.24. The molecule has 0 saturated carbocycles. The fourth-order valence-electron chi connectivity index (χ4n) is 1.67. The van der Waals surface area contributed by atoms with Crippen molar-refractivity contribution in [2.24, 2.45) is 0 Å². The summed E-state index contributed by atoms with van der Waals surface area (Å²) >= 11 is 0. The van der Waals surface area contributed by atoms with E-state index in [2.05, 4.69) is 20.2 Å². The monoisotopic (exact) mass is 280 g/mol. The van der Waals surface area contributed by atoms with E-state index in [4.69, 9.17) is 0 Å². The molecule has 0 bridgehead atoms. The highest BCUT2D eigenvalue weighted by molar-refractivity contribution is 7.92. The van der Waals surface area contributed by atoms with Gasteiger partial charge >= 0.3 is 0 Å². The molecule has 2 aromatic rings. The second-order valence-corrected chi connectivity index (χ2v) is 6.09. The average molecular weight is 280 g/mol. The van der Waals surface area contributed by atoms with Crippen LogP contribution in [-0.2, 0) is 16.6 Å². The number of aryl methyl sites for hydroxylation is 1. The largest absolute Gasteiger partial charge is 0.379 e. The Morgan fingerprint density at radius 1 is 1.32 bits per heavy atom. The molecule has 6 nitrogen and oxygen atoms in total. The summed E-state index contributed by atoms with van der Waals surface area (Å²) in [5.41, 5.74) is 3.36. The summed E-state index contributed by atoms with van der Waals surface area (Å²) in [6.07, 6.45) is 2.83. The predicted octanol–water partition coefficient (Wildman–Crippen LogP) is 1.70. The second-order valence-electron chi connectivity index (χ2n) is 4.34. The maximum absolute atomic E-state index is 11.2. The number of rotatable bonds is 5. The molecule has 1 aromatic heterocycles. The predicted molar refractivity (Wildman–Crippen MR) is 75.6 cm³/mol. The molecule has 7 heteroatoms. The van der Waals surface area contributed by atoms with Crippen molar-refractivity contribution < 1.29 is 8.42 Å². The van der Waals surface area contributed by atoms with Gasteiger partial charge in [-0.25, -0.2) is 8.42 Å². The maximum atomic E-state index is 11.2. The van der Waals surface area contributed by atoms with Crippen molar-refractivity contribution in [3.63, 3.8) is 0 Å². The van der Waals surface area contributed by atoms with E-state index in [9.17, 15) is 8.42 Å². The van der Waals surface area contributed by atoms with E-state index in [-0.39, 0.29) is 0 Å². The highest BCUT2D eigenvalue weighted by Crippen LogP contribution is 2.20. The smallest absolute Gasteiger partial charge is 0.229 e. The van der Waals surface area contributed by atoms with Crippen LogP contribution in [0.1, 0.15) is 11.3 Å². The maximum Gasteiger partial charge on any atom is 0.229 e. The topological polar surface area (TPSA) is 86.9 Å². The summed E-state index contributed by atoms with van der Waals surface area (Å²) in [5.74, 6) is 0. The Bertz CT molecular complexity index is 650. The highest BCUT2D eigenvalue weighted by Gasteiger charge is 2.05. The van der Waals surface area contributed by atoms with Crippen molar-refractivity contribution >= 4 is 21.4 Å². The number of aromatic amines is 1. The lowest BCUT2D eigenvalue weighted by molar-refractivity contribution is 0.607. The van der Waals surface area contributed by atoms with E-state index in [1.807, 2.05) is 25.1 Å². The third-order valence-electron chi connectivity index (χ3n) is 2.56. The van der Waals surface area contributed by atoms with Crippen molar-refractivity contribution in [2.45, 2.75) is 13.5 Å². The molecule has 0 aliphatic heterocycles. The summed E-state index contributed by atoms with van der Waals surface area (Å²) in [5, 5.41) is 9.95. The molecular weight excluding hydrogens is 264 g/mol. The molecule has 0 saturated heterocycles. The number of H-pyrrole nitrogens is 1. The molecule has 0 fully saturated rings. The quantitative estimate of drug-likeness (QED) is 0.778. The van der Waals surface area contributed by atoms with E-state index in [0.717, 1.165) is 23.2 Å². The number of nitrogens with one attached hydrogen (secondary N) is 3. The summed E-state index contributed by atoms with van der Waals surface area (Å²) < 4.78 is 24.8. The number of hydrogen-bond donors (Lipinski definition) is 3. The van der Waals surface area contributed by atoms with Crippen molar-refractivity contribution in [1.29, 1.82) is 0 Å². The average Bonchev–Trinajstić information content (AvgIpc) is 2.81. The van der Waals surface area contributed by atoms with Gasteiger partial charge in [0.2, 0.25) is 10.0 Å². The van der Waals surface area contributed by atoms with Gasteiger partial charge in [0.05, 0.1) is 24.2 Å². The first-order valence-electron chi connectivity index (χ1n) is 5.74. The number of hydrogen-bond acceptors (Lipinski definition) is 4. The van der Waals surface area contributed by atoms with Crippen molar-refractivity contribution in [1.82, 2.24) is 10.2 Å². The molecule has 0 radical (unpaired) electrons. The van der Waals surface area contributed by atoms with Gasteiger partial charge in [0.15, 0.2) is 0 Å². The zero-order valence-corrected chi connectivity index (χ0v) is 11.6. The third-order valence-corrected chi connectivity index (χ3v) is 3.15. The summed E-state index contributed by atoms with van der Waals surface area (Å²) in [4.78, 5) is 0. The molecule has 0 aliphatic carbocycles. The number of anilines is 2. The molecule has 2 rings (SSSR count). The van der Waals surface area contributed by atoms with Crippen molar-refractivity contribution in [3.8, 4) is 0 Å². The van der Waals surface area contributed by atoms with Crippen LogP contribution >= 0.6 is 0 Å². The zero-order valence-electron chi connectivity index (χ0n) is 10.8. The van der Waals surface area contributed by atoms with E-state index < -0.39 is 10.0 Å². The first kappa shape index (κ1) is 13.4. The molecule has 1 aromatic carbocycles. The van der Waals surface area contributed by atoms with E-state index in [0.29, 0.717) is 12.2 Å². The van der Waals surface area contributed by atoms with Crippen LogP contribution in [-0.4, -0.2) is 24.9 Å². The van der Waals surface area contributed by atoms with Crippen LogP contribution in [0.3, 0.4) is 0 Å². The zero-order chi connectivity index (χ0) is 13.9. The Kier molecular flexibility index (Phi) is 3.75. The molecule has 0 aliphatic rings. The first-order valence-corrected chi connectivity index (χ1v) is 7.64. The Morgan fingerprint density at radius 2 is 2.11 bits per heavy atom. The lowest BCUT2D eigenvalue weighted by atomic mass is 10.2. The Morgan fingerprint density at radius 3 is 2.68 bits per heavy atom. The Balaban J connectivity index is 2.06. The molecule has 3 N–H and O–H groups in total. The van der Waals surface area contributed by atoms with Gasteiger partial charge in [-0.2, -0.15) is 5.10 Å². The SMILES string of the molecule is Cc1cc(NCc2ccn[nH]2)ccc1NS(C)(=O)=O. The van der Waals surface area contributed by atoms with Gasteiger partial charge in [0, 0.05) is 11.9 Å². The van der Waals surface area contributed by atoms with Crippen LogP contribution < -0.4 is 10.0 Å². The van der Waals surface area contributed by atoms with Gasteiger partial charge in [0.25, 0.3) is 0 Å². The van der Waals surface area contributed by atoms with Crippen LogP contribution in [0.25, 0.3) is 0 Å². The molecule has 0 amide bonds. The molecule has 0 spiro atoms. The molecule has 0 unspecified atom stereocenters. The molecule has 0 atom stereocenters. The number of aromatic nitrogens is 2. The normalized spacial score (nSPS) is 11.3. The molecular formula is C12H16N4O2S. The van der Waals surface area contributed by atoms with E-state index in [1.54, 1.807) is 12.3 Å². The summed E-state index contributed by atoms with van der Waals surface area (Å²) in [7, 11) is -3.24. The van der Waals surface area contributed by atoms with Crippen LogP contribution in [0.5, 0.6) is 0 Å². The second kappa shape index (κ2) is 5.31. The highest BCUT2D eigenvalue weighted by atomic mass is 32.2. The van der Waals surface area contributed by atoms with Gasteiger partial charge in [0.1, 0.15) is 0 Å². The molecule has 102 valence electrons. The number of sulfonamides is 1. The van der Waals surface area contributed by atoms with E-state index in [1.165, 1.54) is 0 Å². The van der Waals surface area contributed by atoms with Crippen molar-refractivity contribution in [2.75, 3.05) is 16.3 Å². The van der Waals surface area contributed by atoms with Crippen LogP contribution in [0, 0.1) is 6.92 Å². The standard InChI is InChI=1S/C12H16N4O2S/c1-9-7-10(13-8-11-5-6-14-15-11)3-4-12(9)16-19(2,17)18/h3-7,13,16H,8H2,1-2H3,(H,14,15).